The highest BCUT2D eigenvalue weighted by Crippen LogP contribution is 2.26. The minimum Gasteiger partial charge on any atom is -0.477 e. The topological polar surface area (TPSA) is 93.3 Å². The van der Waals surface area contributed by atoms with Crippen LogP contribution in [0.5, 0.6) is 0 Å². The molecule has 0 bridgehead atoms. The first kappa shape index (κ1) is 9.40. The van der Waals surface area contributed by atoms with Crippen LogP contribution in [-0.4, -0.2) is 21.0 Å². The van der Waals surface area contributed by atoms with E-state index in [-0.39, 0.29) is 5.02 Å². The van der Waals surface area contributed by atoms with Gasteiger partial charge in [0.15, 0.2) is 5.56 Å². The molecule has 6 nitrogen and oxygen atoms in total. The molecule has 1 rings (SSSR count). The molecule has 1 heterocycles. The molecular weight excluding hydrogens is 200 g/mol. The SMILES string of the molecule is O=C(O)c1cncc(Cl)c1[N+](=O)[O-]. The molecule has 1 N–H and O–H groups in total. The summed E-state index contributed by atoms with van der Waals surface area (Å²) in [5.41, 5.74) is -1.15. The number of aromatic carboxylic acids is 1. The summed E-state index contributed by atoms with van der Waals surface area (Å²) in [6.45, 7) is 0. The van der Waals surface area contributed by atoms with Gasteiger partial charge in [0, 0.05) is 6.20 Å². The normalized spacial score (nSPS) is 9.62. The van der Waals surface area contributed by atoms with Crippen molar-refractivity contribution in [2.75, 3.05) is 0 Å². The summed E-state index contributed by atoms with van der Waals surface area (Å²) in [4.78, 5) is 23.4. The van der Waals surface area contributed by atoms with Crippen molar-refractivity contribution in [1.29, 1.82) is 0 Å². The monoisotopic (exact) mass is 202 g/mol. The van der Waals surface area contributed by atoms with Gasteiger partial charge in [-0.05, 0) is 0 Å². The van der Waals surface area contributed by atoms with E-state index in [4.69, 9.17) is 16.7 Å². The third-order valence-electron chi connectivity index (χ3n) is 1.29. The fourth-order valence-corrected chi connectivity index (χ4v) is 0.997. The Kier molecular flexibility index (Phi) is 2.43. The fourth-order valence-electron chi connectivity index (χ4n) is 0.770. The third-order valence-corrected chi connectivity index (χ3v) is 1.56. The molecule has 13 heavy (non-hydrogen) atoms. The van der Waals surface area contributed by atoms with E-state index >= 15 is 0 Å². The summed E-state index contributed by atoms with van der Waals surface area (Å²) >= 11 is 5.40. The Balaban J connectivity index is 3.43. The van der Waals surface area contributed by atoms with Crippen LogP contribution in [0.25, 0.3) is 0 Å². The summed E-state index contributed by atoms with van der Waals surface area (Å²) in [6, 6.07) is 0. The van der Waals surface area contributed by atoms with Crippen molar-refractivity contribution in [2.24, 2.45) is 0 Å². The number of carboxylic acids is 1. The number of carbonyl (C=O) groups is 1. The van der Waals surface area contributed by atoms with Gasteiger partial charge in [-0.3, -0.25) is 15.1 Å². The van der Waals surface area contributed by atoms with Crippen LogP contribution >= 0.6 is 11.6 Å². The van der Waals surface area contributed by atoms with Crippen LogP contribution in [0.2, 0.25) is 5.02 Å². The summed E-state index contributed by atoms with van der Waals surface area (Å²) < 4.78 is 0. The Bertz CT molecular complexity index is 379. The van der Waals surface area contributed by atoms with E-state index in [2.05, 4.69) is 4.98 Å². The molecule has 7 heteroatoms. The minimum atomic E-state index is -1.43. The second kappa shape index (κ2) is 3.36. The maximum Gasteiger partial charge on any atom is 0.344 e. The van der Waals surface area contributed by atoms with Crippen LogP contribution < -0.4 is 0 Å². The summed E-state index contributed by atoms with van der Waals surface area (Å²) in [5.74, 6) is -1.43. The number of rotatable bonds is 2. The molecule has 1 aromatic rings. The van der Waals surface area contributed by atoms with E-state index in [1.54, 1.807) is 0 Å². The Morgan fingerprint density at radius 1 is 1.62 bits per heavy atom. The first-order valence-electron chi connectivity index (χ1n) is 3.05. The zero-order valence-electron chi connectivity index (χ0n) is 6.10. The number of pyridine rings is 1. The van der Waals surface area contributed by atoms with E-state index in [1.807, 2.05) is 0 Å². The average Bonchev–Trinajstić information content (AvgIpc) is 2.02. The van der Waals surface area contributed by atoms with Crippen molar-refractivity contribution in [3.63, 3.8) is 0 Å². The highest BCUT2D eigenvalue weighted by Gasteiger charge is 2.23. The van der Waals surface area contributed by atoms with Gasteiger partial charge in [-0.2, -0.15) is 0 Å². The molecule has 0 fully saturated rings. The number of nitrogens with zero attached hydrogens (tertiary/aromatic N) is 2. The summed E-state index contributed by atoms with van der Waals surface area (Å²) in [5, 5.41) is 18.6. The lowest BCUT2D eigenvalue weighted by Crippen LogP contribution is -2.03. The smallest absolute Gasteiger partial charge is 0.344 e. The Labute approximate surface area is 76.9 Å². The lowest BCUT2D eigenvalue weighted by molar-refractivity contribution is -0.385. The number of halogens is 1. The molecule has 68 valence electrons. The predicted octanol–water partition coefficient (Wildman–Crippen LogP) is 1.34. The molecule has 0 amide bonds. The summed E-state index contributed by atoms with van der Waals surface area (Å²) in [7, 11) is 0. The van der Waals surface area contributed by atoms with Crippen molar-refractivity contribution in [1.82, 2.24) is 4.98 Å². The minimum absolute atomic E-state index is 0.287. The molecule has 0 aliphatic carbocycles. The van der Waals surface area contributed by atoms with Gasteiger partial charge in [0.25, 0.3) is 0 Å². The number of nitro groups is 1. The number of aromatic nitrogens is 1. The molecule has 0 saturated heterocycles. The van der Waals surface area contributed by atoms with Gasteiger partial charge >= 0.3 is 11.7 Å². The Morgan fingerprint density at radius 2 is 2.23 bits per heavy atom. The molecule has 0 saturated carbocycles. The summed E-state index contributed by atoms with van der Waals surface area (Å²) in [6.07, 6.45) is 1.90. The second-order valence-corrected chi connectivity index (χ2v) is 2.49. The van der Waals surface area contributed by atoms with Gasteiger partial charge in [-0.15, -0.1) is 0 Å². The van der Waals surface area contributed by atoms with Gasteiger partial charge < -0.3 is 5.11 Å². The van der Waals surface area contributed by atoms with Crippen LogP contribution in [0.3, 0.4) is 0 Å². The molecular formula is C6H3ClN2O4. The van der Waals surface area contributed by atoms with Crippen molar-refractivity contribution >= 4 is 23.3 Å². The zero-order chi connectivity index (χ0) is 10.0. The van der Waals surface area contributed by atoms with Crippen molar-refractivity contribution in [3.8, 4) is 0 Å². The molecule has 0 radical (unpaired) electrons. The van der Waals surface area contributed by atoms with Crippen LogP contribution in [0.4, 0.5) is 5.69 Å². The quantitative estimate of drug-likeness (QED) is 0.577. The predicted molar refractivity (Wildman–Crippen MR) is 42.9 cm³/mol. The van der Waals surface area contributed by atoms with Gasteiger partial charge in [-0.25, -0.2) is 4.79 Å². The van der Waals surface area contributed by atoms with Crippen molar-refractivity contribution in [3.05, 3.63) is 33.1 Å². The maximum absolute atomic E-state index is 10.5. The molecule has 0 aliphatic rings. The number of carboxylic acid groups (broad SMARTS) is 1. The average molecular weight is 203 g/mol. The lowest BCUT2D eigenvalue weighted by Gasteiger charge is -1.97. The Morgan fingerprint density at radius 3 is 2.62 bits per heavy atom. The van der Waals surface area contributed by atoms with Gasteiger partial charge in [0.2, 0.25) is 0 Å². The Hall–Kier alpha value is -1.69. The van der Waals surface area contributed by atoms with Crippen LogP contribution in [0.1, 0.15) is 10.4 Å². The molecule has 0 atom stereocenters. The first-order chi connectivity index (χ1) is 6.04. The van der Waals surface area contributed by atoms with E-state index in [0.29, 0.717) is 0 Å². The number of hydrogen-bond acceptors (Lipinski definition) is 4. The fraction of sp³-hybridized carbons (Fsp3) is 0. The van der Waals surface area contributed by atoms with E-state index in [1.165, 1.54) is 0 Å². The largest absolute Gasteiger partial charge is 0.477 e. The van der Waals surface area contributed by atoms with E-state index in [0.717, 1.165) is 12.4 Å². The highest BCUT2D eigenvalue weighted by atomic mass is 35.5. The first-order valence-corrected chi connectivity index (χ1v) is 3.43. The van der Waals surface area contributed by atoms with E-state index in [9.17, 15) is 14.9 Å². The van der Waals surface area contributed by atoms with Gasteiger partial charge in [0.05, 0.1) is 11.1 Å². The van der Waals surface area contributed by atoms with Crippen LogP contribution in [-0.2, 0) is 0 Å². The van der Waals surface area contributed by atoms with Gasteiger partial charge in [-0.1, -0.05) is 11.6 Å². The van der Waals surface area contributed by atoms with E-state index < -0.39 is 22.1 Å². The standard InChI is InChI=1S/C6H3ClN2O4/c7-4-2-8-1-3(6(10)11)5(4)9(12)13/h1-2H,(H,10,11). The zero-order valence-corrected chi connectivity index (χ0v) is 6.85. The molecule has 0 aliphatic heterocycles. The molecule has 0 aromatic carbocycles. The molecule has 1 aromatic heterocycles. The number of hydrogen-bond donors (Lipinski definition) is 1. The van der Waals surface area contributed by atoms with Crippen molar-refractivity contribution in [2.45, 2.75) is 0 Å². The molecule has 0 spiro atoms. The second-order valence-electron chi connectivity index (χ2n) is 2.08. The van der Waals surface area contributed by atoms with Crippen molar-refractivity contribution < 1.29 is 14.8 Å². The lowest BCUT2D eigenvalue weighted by atomic mass is 10.2. The highest BCUT2D eigenvalue weighted by molar-refractivity contribution is 6.33. The van der Waals surface area contributed by atoms with Gasteiger partial charge in [0.1, 0.15) is 5.02 Å². The maximum atomic E-state index is 10.5. The van der Waals surface area contributed by atoms with Crippen LogP contribution in [0, 0.1) is 10.1 Å². The molecule has 0 unspecified atom stereocenters. The van der Waals surface area contributed by atoms with Crippen LogP contribution in [0.15, 0.2) is 12.4 Å². The third kappa shape index (κ3) is 1.73.